The smallest absolute Gasteiger partial charge is 0.0458 e. The van der Waals surface area contributed by atoms with E-state index in [-0.39, 0.29) is 5.54 Å². The van der Waals surface area contributed by atoms with Gasteiger partial charge in [-0.25, -0.2) is 0 Å². The van der Waals surface area contributed by atoms with Gasteiger partial charge in [-0.3, -0.25) is 0 Å². The number of aromatic nitrogens is 1. The number of hydrogen-bond donors (Lipinski definition) is 3. The molecule has 0 fully saturated rings. The molecular formula is C15H23N3. The maximum atomic E-state index is 5.95. The number of H-pyrrole nitrogens is 1. The van der Waals surface area contributed by atoms with Gasteiger partial charge in [0.05, 0.1) is 0 Å². The largest absolute Gasteiger partial charge is 0.358 e. The Morgan fingerprint density at radius 3 is 2.72 bits per heavy atom. The molecule has 2 aromatic rings. The number of fused-ring (bicyclic) bond motifs is 1. The fourth-order valence-electron chi connectivity index (χ4n) is 2.28. The highest BCUT2D eigenvalue weighted by atomic mass is 14.9. The van der Waals surface area contributed by atoms with Gasteiger partial charge in [0.25, 0.3) is 0 Å². The van der Waals surface area contributed by atoms with Crippen LogP contribution in [0, 0.1) is 6.92 Å². The van der Waals surface area contributed by atoms with Crippen LogP contribution in [0.1, 0.15) is 25.1 Å². The van der Waals surface area contributed by atoms with E-state index in [9.17, 15) is 0 Å². The molecule has 4 N–H and O–H groups in total. The van der Waals surface area contributed by atoms with Crippen molar-refractivity contribution in [2.75, 3.05) is 13.1 Å². The maximum absolute atomic E-state index is 5.95. The van der Waals surface area contributed by atoms with Crippen molar-refractivity contribution in [1.29, 1.82) is 0 Å². The SMILES string of the molecule is Cc1[nH]c2ccccc2c1CCNCC(C)(C)N. The molecule has 18 heavy (non-hydrogen) atoms. The van der Waals surface area contributed by atoms with Crippen molar-refractivity contribution in [3.63, 3.8) is 0 Å². The molecule has 1 aromatic carbocycles. The van der Waals surface area contributed by atoms with Gasteiger partial charge in [-0.2, -0.15) is 0 Å². The molecule has 0 aliphatic rings. The van der Waals surface area contributed by atoms with E-state index >= 15 is 0 Å². The normalized spacial score (nSPS) is 12.2. The van der Waals surface area contributed by atoms with E-state index in [0.29, 0.717) is 0 Å². The molecule has 1 heterocycles. The molecule has 0 unspecified atom stereocenters. The maximum Gasteiger partial charge on any atom is 0.0458 e. The van der Waals surface area contributed by atoms with E-state index in [1.807, 2.05) is 13.8 Å². The zero-order chi connectivity index (χ0) is 13.2. The predicted octanol–water partition coefficient (Wildman–Crippen LogP) is 2.35. The van der Waals surface area contributed by atoms with Gasteiger partial charge in [-0.1, -0.05) is 18.2 Å². The minimum Gasteiger partial charge on any atom is -0.358 e. The van der Waals surface area contributed by atoms with Gasteiger partial charge in [-0.15, -0.1) is 0 Å². The van der Waals surface area contributed by atoms with E-state index in [1.165, 1.54) is 22.2 Å². The van der Waals surface area contributed by atoms with Crippen LogP contribution in [0.3, 0.4) is 0 Å². The van der Waals surface area contributed by atoms with Crippen LogP contribution in [-0.4, -0.2) is 23.6 Å². The highest BCUT2D eigenvalue weighted by Gasteiger charge is 2.10. The van der Waals surface area contributed by atoms with Gasteiger partial charge in [0.2, 0.25) is 0 Å². The third-order valence-corrected chi connectivity index (χ3v) is 3.16. The standard InChI is InChI=1S/C15H23N3/c1-11-12(8-9-17-10-15(2,3)16)13-6-4-5-7-14(13)18-11/h4-7,17-18H,8-10,16H2,1-3H3. The third kappa shape index (κ3) is 3.12. The first-order valence-electron chi connectivity index (χ1n) is 6.53. The molecule has 0 saturated carbocycles. The van der Waals surface area contributed by atoms with Gasteiger partial charge in [0.15, 0.2) is 0 Å². The van der Waals surface area contributed by atoms with Crippen LogP contribution in [-0.2, 0) is 6.42 Å². The van der Waals surface area contributed by atoms with Crippen LogP contribution >= 0.6 is 0 Å². The van der Waals surface area contributed by atoms with Gasteiger partial charge < -0.3 is 16.0 Å². The zero-order valence-corrected chi connectivity index (χ0v) is 11.5. The average molecular weight is 245 g/mol. The Bertz CT molecular complexity index is 520. The predicted molar refractivity (Wildman–Crippen MR) is 77.9 cm³/mol. The number of hydrogen-bond acceptors (Lipinski definition) is 2. The summed E-state index contributed by atoms with van der Waals surface area (Å²) in [6.07, 6.45) is 1.03. The summed E-state index contributed by atoms with van der Waals surface area (Å²) in [4.78, 5) is 3.43. The Morgan fingerprint density at radius 1 is 1.28 bits per heavy atom. The van der Waals surface area contributed by atoms with Gasteiger partial charge >= 0.3 is 0 Å². The zero-order valence-electron chi connectivity index (χ0n) is 11.5. The van der Waals surface area contributed by atoms with Crippen LogP contribution in [0.25, 0.3) is 10.9 Å². The first kappa shape index (κ1) is 13.1. The Kier molecular flexibility index (Phi) is 3.73. The number of benzene rings is 1. The van der Waals surface area contributed by atoms with Crippen molar-refractivity contribution in [1.82, 2.24) is 10.3 Å². The molecule has 3 nitrogen and oxygen atoms in total. The summed E-state index contributed by atoms with van der Waals surface area (Å²) in [6, 6.07) is 8.47. The summed E-state index contributed by atoms with van der Waals surface area (Å²) in [5.41, 5.74) is 9.71. The van der Waals surface area contributed by atoms with E-state index in [4.69, 9.17) is 5.73 Å². The number of aromatic amines is 1. The quantitative estimate of drug-likeness (QED) is 0.708. The van der Waals surface area contributed by atoms with Gasteiger partial charge in [0, 0.05) is 28.7 Å². The summed E-state index contributed by atoms with van der Waals surface area (Å²) >= 11 is 0. The lowest BCUT2D eigenvalue weighted by Crippen LogP contribution is -2.43. The summed E-state index contributed by atoms with van der Waals surface area (Å²) in [5.74, 6) is 0. The molecule has 0 bridgehead atoms. The molecular weight excluding hydrogens is 222 g/mol. The topological polar surface area (TPSA) is 53.8 Å². The summed E-state index contributed by atoms with van der Waals surface area (Å²) in [6.45, 7) is 8.02. The Labute approximate surface area is 109 Å². The van der Waals surface area contributed by atoms with Crippen molar-refractivity contribution in [2.45, 2.75) is 32.7 Å². The second-order valence-electron chi connectivity index (χ2n) is 5.69. The fourth-order valence-corrected chi connectivity index (χ4v) is 2.28. The molecule has 3 heteroatoms. The lowest BCUT2D eigenvalue weighted by molar-refractivity contribution is 0.469. The summed E-state index contributed by atoms with van der Waals surface area (Å²) < 4.78 is 0. The monoisotopic (exact) mass is 245 g/mol. The molecule has 98 valence electrons. The van der Waals surface area contributed by atoms with Crippen molar-refractivity contribution < 1.29 is 0 Å². The fraction of sp³-hybridized carbons (Fsp3) is 0.467. The van der Waals surface area contributed by atoms with Crippen LogP contribution in [0.5, 0.6) is 0 Å². The molecule has 0 saturated heterocycles. The number of nitrogens with one attached hydrogen (secondary N) is 2. The van der Waals surface area contributed by atoms with E-state index < -0.39 is 0 Å². The minimum atomic E-state index is -0.144. The summed E-state index contributed by atoms with van der Waals surface area (Å²) in [5, 5.41) is 4.75. The lowest BCUT2D eigenvalue weighted by Gasteiger charge is -2.18. The third-order valence-electron chi connectivity index (χ3n) is 3.16. The van der Waals surface area contributed by atoms with Crippen LogP contribution in [0.4, 0.5) is 0 Å². The molecule has 0 spiro atoms. The summed E-state index contributed by atoms with van der Waals surface area (Å²) in [7, 11) is 0. The first-order valence-corrected chi connectivity index (χ1v) is 6.53. The van der Waals surface area contributed by atoms with Crippen LogP contribution in [0.15, 0.2) is 24.3 Å². The second-order valence-corrected chi connectivity index (χ2v) is 5.69. The molecule has 0 aliphatic carbocycles. The van der Waals surface area contributed by atoms with Crippen LogP contribution in [0.2, 0.25) is 0 Å². The van der Waals surface area contributed by atoms with Crippen LogP contribution < -0.4 is 11.1 Å². The number of nitrogens with two attached hydrogens (primary N) is 1. The van der Waals surface area contributed by atoms with E-state index in [1.54, 1.807) is 0 Å². The van der Waals surface area contributed by atoms with Gasteiger partial charge in [0.1, 0.15) is 0 Å². The lowest BCUT2D eigenvalue weighted by atomic mass is 10.1. The van der Waals surface area contributed by atoms with Crippen molar-refractivity contribution in [2.24, 2.45) is 5.73 Å². The molecule has 1 aromatic heterocycles. The minimum absolute atomic E-state index is 0.144. The Morgan fingerprint density at radius 2 is 2.00 bits per heavy atom. The highest BCUT2D eigenvalue weighted by Crippen LogP contribution is 2.21. The molecule has 0 amide bonds. The van der Waals surface area contributed by atoms with E-state index in [0.717, 1.165) is 19.5 Å². The Balaban J connectivity index is 2.01. The number of para-hydroxylation sites is 1. The highest BCUT2D eigenvalue weighted by molar-refractivity contribution is 5.84. The van der Waals surface area contributed by atoms with Gasteiger partial charge in [-0.05, 0) is 45.4 Å². The first-order chi connectivity index (χ1) is 8.47. The molecule has 0 atom stereocenters. The second kappa shape index (κ2) is 5.12. The average Bonchev–Trinajstić information content (AvgIpc) is 2.59. The number of aryl methyl sites for hydroxylation is 1. The molecule has 0 aliphatic heterocycles. The van der Waals surface area contributed by atoms with Crippen molar-refractivity contribution in [3.05, 3.63) is 35.5 Å². The van der Waals surface area contributed by atoms with Crippen molar-refractivity contribution >= 4 is 10.9 Å². The molecule has 2 rings (SSSR count). The van der Waals surface area contributed by atoms with Crippen molar-refractivity contribution in [3.8, 4) is 0 Å². The molecule has 0 radical (unpaired) electrons. The Hall–Kier alpha value is -1.32. The van der Waals surface area contributed by atoms with E-state index in [2.05, 4.69) is 41.5 Å². The number of rotatable bonds is 5.